The van der Waals surface area contributed by atoms with Gasteiger partial charge in [0.1, 0.15) is 34.5 Å². The molecule has 0 amide bonds. The fourth-order valence-corrected chi connectivity index (χ4v) is 8.03. The Bertz CT molecular complexity index is 3330. The van der Waals surface area contributed by atoms with Crippen molar-refractivity contribution < 1.29 is 87.8 Å². The van der Waals surface area contributed by atoms with Crippen LogP contribution in [-0.4, -0.2) is 66.5 Å². The van der Waals surface area contributed by atoms with Crippen molar-refractivity contribution >= 4 is 68.1 Å². The fraction of sp³-hybridized carbons (Fsp3) is 0. The van der Waals surface area contributed by atoms with Gasteiger partial charge in [0.2, 0.25) is 0 Å². The van der Waals surface area contributed by atoms with Gasteiger partial charge in [-0.3, -0.25) is 0 Å². The Labute approximate surface area is 438 Å². The monoisotopic (exact) mass is 1040 g/mol. The number of aromatic hydroxyl groups is 6. The highest BCUT2D eigenvalue weighted by atomic mass is 16.6. The summed E-state index contributed by atoms with van der Waals surface area (Å²) in [6.07, 6.45) is 0. The van der Waals surface area contributed by atoms with Gasteiger partial charge in [-0.25, -0.2) is 28.8 Å². The van der Waals surface area contributed by atoms with Crippen LogP contribution in [0.1, 0.15) is 62.1 Å². The number of ether oxygens (including phenoxy) is 6. The van der Waals surface area contributed by atoms with E-state index in [2.05, 4.69) is 0 Å². The Morgan fingerprint density at radius 1 is 0.205 bits per heavy atom. The summed E-state index contributed by atoms with van der Waals surface area (Å²) in [5, 5.41) is 60.8. The Morgan fingerprint density at radius 3 is 0.436 bits per heavy atom. The first-order valence-corrected chi connectivity index (χ1v) is 23.2. The molecule has 6 N–H and O–H groups in total. The van der Waals surface area contributed by atoms with E-state index in [9.17, 15) is 59.4 Å². The van der Waals surface area contributed by atoms with Crippen LogP contribution in [-0.2, 0) is 0 Å². The number of carbonyl (C=O) groups excluding carboxylic acids is 6. The lowest BCUT2D eigenvalue weighted by molar-refractivity contribution is 0.0682. The third-order valence-electron chi connectivity index (χ3n) is 12.0. The first kappa shape index (κ1) is 50.1. The molecule has 0 fully saturated rings. The molecule has 18 nitrogen and oxygen atoms in total. The van der Waals surface area contributed by atoms with Crippen LogP contribution in [0.25, 0.3) is 32.3 Å². The van der Waals surface area contributed by atoms with Crippen molar-refractivity contribution in [3.63, 3.8) is 0 Å². The lowest BCUT2D eigenvalue weighted by Gasteiger charge is -2.19. The molecule has 10 aromatic rings. The van der Waals surface area contributed by atoms with E-state index in [0.29, 0.717) is 0 Å². The SMILES string of the molecule is O=C(Oc1cc2c3cc(OC(=O)c4ccc(O)cc4)c(OC(=O)c4ccc(O)cc4)cc3c3cc(OC(=O)c4ccc(O)cc4)c(OC(=O)c4ccc(O)cc4)cc3c2cc1OC(=O)c1ccc(O)cc1)c1ccc(O)cc1. The lowest BCUT2D eigenvalue weighted by atomic mass is 9.93. The van der Waals surface area contributed by atoms with Gasteiger partial charge >= 0.3 is 35.8 Å². The predicted octanol–water partition coefficient (Wildman–Crippen LogP) is 10.7. The zero-order valence-corrected chi connectivity index (χ0v) is 39.9. The minimum Gasteiger partial charge on any atom is -0.508 e. The predicted molar refractivity (Wildman–Crippen MR) is 277 cm³/mol. The molecule has 0 bridgehead atoms. The second-order valence-electron chi connectivity index (χ2n) is 17.2. The second kappa shape index (κ2) is 20.8. The minimum atomic E-state index is -0.975. The average molecular weight is 1040 g/mol. The molecule has 0 aromatic heterocycles. The van der Waals surface area contributed by atoms with E-state index in [1.807, 2.05) is 0 Å². The highest BCUT2D eigenvalue weighted by molar-refractivity contribution is 6.27. The van der Waals surface area contributed by atoms with Gasteiger partial charge in [0.25, 0.3) is 0 Å². The number of carbonyl (C=O) groups is 6. The molecule has 18 heteroatoms. The number of fused-ring (bicyclic) bond motifs is 6. The van der Waals surface area contributed by atoms with Crippen molar-refractivity contribution in [3.05, 3.63) is 215 Å². The first-order valence-electron chi connectivity index (χ1n) is 23.2. The number of phenols is 6. The van der Waals surface area contributed by atoms with E-state index >= 15 is 0 Å². The summed E-state index contributed by atoms with van der Waals surface area (Å²) >= 11 is 0. The highest BCUT2D eigenvalue weighted by Gasteiger charge is 2.27. The molecular formula is C60H36O18. The molecule has 0 aliphatic rings. The van der Waals surface area contributed by atoms with Gasteiger partial charge in [-0.15, -0.1) is 0 Å². The number of benzene rings is 10. The quantitative estimate of drug-likeness (QED) is 0.0377. The third-order valence-corrected chi connectivity index (χ3v) is 12.0. The van der Waals surface area contributed by atoms with Crippen molar-refractivity contribution in [2.45, 2.75) is 0 Å². The Morgan fingerprint density at radius 2 is 0.321 bits per heavy atom. The minimum absolute atomic E-state index is 0.0370. The molecule has 10 aromatic carbocycles. The Hall–Kier alpha value is -11.4. The van der Waals surface area contributed by atoms with Gasteiger partial charge in [0, 0.05) is 0 Å². The maximum absolute atomic E-state index is 13.9. The van der Waals surface area contributed by atoms with Gasteiger partial charge in [-0.2, -0.15) is 0 Å². The van der Waals surface area contributed by atoms with Crippen molar-refractivity contribution in [1.82, 2.24) is 0 Å². The molecule has 78 heavy (non-hydrogen) atoms. The van der Waals surface area contributed by atoms with Crippen molar-refractivity contribution in [3.8, 4) is 69.0 Å². The Kier molecular flexibility index (Phi) is 13.4. The van der Waals surface area contributed by atoms with E-state index in [4.69, 9.17) is 28.4 Å². The summed E-state index contributed by atoms with van der Waals surface area (Å²) in [6, 6.07) is 38.3. The second-order valence-corrected chi connectivity index (χ2v) is 17.2. The van der Waals surface area contributed by atoms with Crippen LogP contribution >= 0.6 is 0 Å². The van der Waals surface area contributed by atoms with Crippen LogP contribution in [0, 0.1) is 0 Å². The van der Waals surface area contributed by atoms with Gasteiger partial charge < -0.3 is 59.1 Å². The summed E-state index contributed by atoms with van der Waals surface area (Å²) in [7, 11) is 0. The molecule has 0 saturated carbocycles. The molecule has 0 aliphatic heterocycles. The molecule has 0 atom stereocenters. The number of hydrogen-bond acceptors (Lipinski definition) is 18. The third kappa shape index (κ3) is 10.7. The molecule has 384 valence electrons. The molecular weight excluding hydrogens is 1010 g/mol. The maximum atomic E-state index is 13.9. The summed E-state index contributed by atoms with van der Waals surface area (Å²) < 4.78 is 35.7. The highest BCUT2D eigenvalue weighted by Crippen LogP contribution is 2.48. The number of rotatable bonds is 12. The van der Waals surface area contributed by atoms with Crippen molar-refractivity contribution in [2.24, 2.45) is 0 Å². The summed E-state index contributed by atoms with van der Waals surface area (Å²) in [5.74, 6) is -8.95. The molecule has 0 saturated heterocycles. The molecule has 0 unspecified atom stereocenters. The standard InChI is InChI=1S/C60H36O18/c61-37-13-1-31(2-14-37)55(67)73-49-25-43-44(26-50(49)74-56(68)32-3-15-38(62)16-4-32)46-28-52(76-58(70)34-7-19-40(64)20-8-34)54(78-60(72)36-11-23-42(66)24-12-36)30-48(46)47-29-53(77-59(71)35-9-21-41(65)22-10-35)51(27-45(43)47)75-57(69)33-5-17-39(63)18-6-33/h1-30,61-66H. The summed E-state index contributed by atoms with van der Waals surface area (Å²) in [5.41, 5.74) is -0.222. The number of hydrogen-bond donors (Lipinski definition) is 6. The summed E-state index contributed by atoms with van der Waals surface area (Å²) in [4.78, 5) is 83.4. The molecule has 10 rings (SSSR count). The van der Waals surface area contributed by atoms with E-state index in [1.54, 1.807) is 0 Å². The zero-order valence-electron chi connectivity index (χ0n) is 39.9. The van der Waals surface area contributed by atoms with E-state index in [-0.39, 0.29) is 135 Å². The number of esters is 6. The lowest BCUT2D eigenvalue weighted by Crippen LogP contribution is -2.13. The maximum Gasteiger partial charge on any atom is 0.343 e. The molecule has 0 heterocycles. The van der Waals surface area contributed by atoms with Gasteiger partial charge in [0.05, 0.1) is 33.4 Å². The van der Waals surface area contributed by atoms with E-state index in [1.165, 1.54) is 182 Å². The van der Waals surface area contributed by atoms with Gasteiger partial charge in [0.15, 0.2) is 34.5 Å². The molecule has 0 radical (unpaired) electrons. The molecule has 0 spiro atoms. The van der Waals surface area contributed by atoms with Crippen molar-refractivity contribution in [2.75, 3.05) is 0 Å². The van der Waals surface area contributed by atoms with Gasteiger partial charge in [-0.1, -0.05) is 0 Å². The largest absolute Gasteiger partial charge is 0.508 e. The Balaban J connectivity index is 1.26. The number of phenolic OH excluding ortho intramolecular Hbond substituents is 6. The average Bonchev–Trinajstić information content (AvgIpc) is 3.54. The molecule has 0 aliphatic carbocycles. The van der Waals surface area contributed by atoms with Gasteiger partial charge in [-0.05, 0) is 214 Å². The van der Waals surface area contributed by atoms with E-state index in [0.717, 1.165) is 0 Å². The van der Waals surface area contributed by atoms with Crippen molar-refractivity contribution in [1.29, 1.82) is 0 Å². The summed E-state index contributed by atoms with van der Waals surface area (Å²) in [6.45, 7) is 0. The van der Waals surface area contributed by atoms with E-state index < -0.39 is 35.8 Å². The normalized spacial score (nSPS) is 10.9. The van der Waals surface area contributed by atoms with Crippen LogP contribution in [0.5, 0.6) is 69.0 Å². The van der Waals surface area contributed by atoms with Crippen LogP contribution in [0.3, 0.4) is 0 Å². The zero-order chi connectivity index (χ0) is 54.8. The smallest absolute Gasteiger partial charge is 0.343 e. The van der Waals surface area contributed by atoms with Crippen LogP contribution in [0.15, 0.2) is 182 Å². The fourth-order valence-electron chi connectivity index (χ4n) is 8.03. The van der Waals surface area contributed by atoms with Crippen LogP contribution < -0.4 is 28.4 Å². The van der Waals surface area contributed by atoms with Crippen LogP contribution in [0.4, 0.5) is 0 Å². The topological polar surface area (TPSA) is 279 Å². The van der Waals surface area contributed by atoms with Crippen LogP contribution in [0.2, 0.25) is 0 Å². The first-order chi connectivity index (χ1) is 37.5.